The van der Waals surface area contributed by atoms with Gasteiger partial charge in [0.25, 0.3) is 5.91 Å². The zero-order chi connectivity index (χ0) is 14.0. The lowest BCUT2D eigenvalue weighted by atomic mass is 10.1. The second-order valence-corrected chi connectivity index (χ2v) is 4.16. The average Bonchev–Trinajstić information content (AvgIpc) is 2.36. The number of anilines is 1. The van der Waals surface area contributed by atoms with E-state index in [0.717, 1.165) is 0 Å². The predicted octanol–water partition coefficient (Wildman–Crippen LogP) is 2.36. The summed E-state index contributed by atoms with van der Waals surface area (Å²) in [7, 11) is 0. The van der Waals surface area contributed by atoms with Crippen LogP contribution >= 0.6 is 0 Å². The Balaban J connectivity index is 2.25. The number of rotatable bonds is 2. The highest BCUT2D eigenvalue weighted by Crippen LogP contribution is 2.24. The highest BCUT2D eigenvalue weighted by atomic mass is 16.3. The molecule has 0 unspecified atom stereocenters. The van der Waals surface area contributed by atoms with Crippen molar-refractivity contribution >= 4 is 11.6 Å². The number of carbonyl (C=O) groups is 1. The van der Waals surface area contributed by atoms with Crippen molar-refractivity contribution in [2.45, 2.75) is 6.92 Å². The van der Waals surface area contributed by atoms with Crippen LogP contribution in [0.3, 0.4) is 0 Å². The summed E-state index contributed by atoms with van der Waals surface area (Å²) < 4.78 is 0. The highest BCUT2D eigenvalue weighted by Gasteiger charge is 2.12. The van der Waals surface area contributed by atoms with Crippen molar-refractivity contribution in [2.75, 3.05) is 5.32 Å². The SMILES string of the molecule is Cc1cc(NC(=O)c2cc(O)ccc2O)ccc1O. The van der Waals surface area contributed by atoms with Crippen LogP contribution in [-0.4, -0.2) is 21.2 Å². The number of phenolic OH excluding ortho intramolecular Hbond substituents is 3. The first kappa shape index (κ1) is 12.8. The van der Waals surface area contributed by atoms with E-state index in [-0.39, 0.29) is 22.8 Å². The van der Waals surface area contributed by atoms with Crippen molar-refractivity contribution in [1.29, 1.82) is 0 Å². The molecule has 0 aliphatic carbocycles. The maximum absolute atomic E-state index is 11.9. The fraction of sp³-hybridized carbons (Fsp3) is 0.0714. The van der Waals surface area contributed by atoms with Gasteiger partial charge >= 0.3 is 0 Å². The fourth-order valence-corrected chi connectivity index (χ4v) is 1.64. The van der Waals surface area contributed by atoms with Gasteiger partial charge in [0.15, 0.2) is 0 Å². The summed E-state index contributed by atoms with van der Waals surface area (Å²) in [6, 6.07) is 8.32. The number of aromatic hydroxyl groups is 3. The van der Waals surface area contributed by atoms with Crippen molar-refractivity contribution in [2.24, 2.45) is 0 Å². The number of hydrogen-bond donors (Lipinski definition) is 4. The molecule has 0 saturated carbocycles. The van der Waals surface area contributed by atoms with Gasteiger partial charge in [0.1, 0.15) is 17.2 Å². The number of hydrogen-bond acceptors (Lipinski definition) is 4. The third-order valence-electron chi connectivity index (χ3n) is 2.68. The van der Waals surface area contributed by atoms with E-state index in [1.54, 1.807) is 19.1 Å². The summed E-state index contributed by atoms with van der Waals surface area (Å²) in [6.07, 6.45) is 0. The first-order valence-corrected chi connectivity index (χ1v) is 5.60. The van der Waals surface area contributed by atoms with Gasteiger partial charge in [-0.05, 0) is 48.9 Å². The van der Waals surface area contributed by atoms with Crippen LogP contribution in [0.2, 0.25) is 0 Å². The summed E-state index contributed by atoms with van der Waals surface area (Å²) in [5, 5.41) is 30.8. The van der Waals surface area contributed by atoms with Gasteiger partial charge in [0.2, 0.25) is 0 Å². The maximum Gasteiger partial charge on any atom is 0.259 e. The molecule has 4 N–H and O–H groups in total. The number of aryl methyl sites for hydroxylation is 1. The average molecular weight is 259 g/mol. The first-order valence-electron chi connectivity index (χ1n) is 5.60. The van der Waals surface area contributed by atoms with E-state index in [0.29, 0.717) is 11.3 Å². The number of phenols is 3. The van der Waals surface area contributed by atoms with Gasteiger partial charge in [-0.2, -0.15) is 0 Å². The summed E-state index contributed by atoms with van der Waals surface area (Å²) in [5.41, 5.74) is 1.09. The lowest BCUT2D eigenvalue weighted by Gasteiger charge is -2.08. The van der Waals surface area contributed by atoms with E-state index in [4.69, 9.17) is 0 Å². The standard InChI is InChI=1S/C14H13NO4/c1-8-6-9(2-4-12(8)17)15-14(19)11-7-10(16)3-5-13(11)18/h2-7,16-18H,1H3,(H,15,19). The number of amides is 1. The monoisotopic (exact) mass is 259 g/mol. The van der Waals surface area contributed by atoms with Gasteiger partial charge in [-0.15, -0.1) is 0 Å². The Morgan fingerprint density at radius 3 is 2.37 bits per heavy atom. The Hall–Kier alpha value is -2.69. The normalized spacial score (nSPS) is 10.2. The maximum atomic E-state index is 11.9. The summed E-state index contributed by atoms with van der Waals surface area (Å²) >= 11 is 0. The van der Waals surface area contributed by atoms with Gasteiger partial charge in [0, 0.05) is 5.69 Å². The van der Waals surface area contributed by atoms with Crippen LogP contribution in [-0.2, 0) is 0 Å². The minimum absolute atomic E-state index is 0.0225. The van der Waals surface area contributed by atoms with Crippen LogP contribution in [0.25, 0.3) is 0 Å². The Labute approximate surface area is 109 Å². The predicted molar refractivity (Wildman–Crippen MR) is 70.6 cm³/mol. The van der Waals surface area contributed by atoms with Crippen LogP contribution in [0, 0.1) is 6.92 Å². The Morgan fingerprint density at radius 2 is 1.68 bits per heavy atom. The van der Waals surface area contributed by atoms with Crippen LogP contribution in [0.4, 0.5) is 5.69 Å². The Morgan fingerprint density at radius 1 is 1.00 bits per heavy atom. The molecule has 2 rings (SSSR count). The molecule has 5 heteroatoms. The molecular weight excluding hydrogens is 246 g/mol. The molecular formula is C14H13NO4. The second-order valence-electron chi connectivity index (χ2n) is 4.16. The number of benzene rings is 2. The molecule has 5 nitrogen and oxygen atoms in total. The van der Waals surface area contributed by atoms with Crippen molar-refractivity contribution < 1.29 is 20.1 Å². The Bertz CT molecular complexity index is 637. The van der Waals surface area contributed by atoms with Crippen LogP contribution in [0.1, 0.15) is 15.9 Å². The van der Waals surface area contributed by atoms with E-state index in [1.807, 2.05) is 0 Å². The molecule has 0 atom stereocenters. The molecule has 0 radical (unpaired) electrons. The quantitative estimate of drug-likeness (QED) is 0.623. The van der Waals surface area contributed by atoms with E-state index in [1.165, 1.54) is 24.3 Å². The molecule has 19 heavy (non-hydrogen) atoms. The van der Waals surface area contributed by atoms with Gasteiger partial charge in [-0.1, -0.05) is 0 Å². The first-order chi connectivity index (χ1) is 8.97. The third kappa shape index (κ3) is 2.77. The zero-order valence-electron chi connectivity index (χ0n) is 10.2. The summed E-state index contributed by atoms with van der Waals surface area (Å²) in [6.45, 7) is 1.71. The highest BCUT2D eigenvalue weighted by molar-refractivity contribution is 6.06. The number of nitrogens with one attached hydrogen (secondary N) is 1. The van der Waals surface area contributed by atoms with Crippen LogP contribution < -0.4 is 5.32 Å². The molecule has 1 amide bonds. The van der Waals surface area contributed by atoms with Gasteiger partial charge < -0.3 is 20.6 Å². The summed E-state index contributed by atoms with van der Waals surface area (Å²) in [4.78, 5) is 11.9. The van der Waals surface area contributed by atoms with E-state index < -0.39 is 5.91 Å². The smallest absolute Gasteiger partial charge is 0.259 e. The lowest BCUT2D eigenvalue weighted by Crippen LogP contribution is -2.12. The molecule has 0 saturated heterocycles. The molecule has 2 aromatic rings. The van der Waals surface area contributed by atoms with Crippen LogP contribution in [0.5, 0.6) is 17.2 Å². The topological polar surface area (TPSA) is 89.8 Å². The molecule has 0 aliphatic heterocycles. The van der Waals surface area contributed by atoms with E-state index in [2.05, 4.69) is 5.32 Å². The van der Waals surface area contributed by atoms with Gasteiger partial charge in [-0.25, -0.2) is 0 Å². The largest absolute Gasteiger partial charge is 0.508 e. The molecule has 0 spiro atoms. The minimum Gasteiger partial charge on any atom is -0.508 e. The third-order valence-corrected chi connectivity index (χ3v) is 2.68. The molecule has 0 fully saturated rings. The molecule has 98 valence electrons. The van der Waals surface area contributed by atoms with Crippen molar-refractivity contribution in [3.8, 4) is 17.2 Å². The summed E-state index contributed by atoms with van der Waals surface area (Å²) in [5.74, 6) is -0.729. The fourth-order valence-electron chi connectivity index (χ4n) is 1.64. The molecule has 0 bridgehead atoms. The Kier molecular flexibility index (Phi) is 3.29. The molecule has 0 heterocycles. The molecule has 0 aliphatic rings. The van der Waals surface area contributed by atoms with Crippen LogP contribution in [0.15, 0.2) is 36.4 Å². The van der Waals surface area contributed by atoms with Crippen molar-refractivity contribution in [3.05, 3.63) is 47.5 Å². The number of carbonyl (C=O) groups excluding carboxylic acids is 1. The lowest BCUT2D eigenvalue weighted by molar-refractivity contribution is 0.102. The van der Waals surface area contributed by atoms with Crippen molar-refractivity contribution in [3.63, 3.8) is 0 Å². The molecule has 2 aromatic carbocycles. The molecule has 0 aromatic heterocycles. The van der Waals surface area contributed by atoms with E-state index in [9.17, 15) is 20.1 Å². The van der Waals surface area contributed by atoms with Gasteiger partial charge in [-0.3, -0.25) is 4.79 Å². The van der Waals surface area contributed by atoms with Crippen molar-refractivity contribution in [1.82, 2.24) is 0 Å². The zero-order valence-corrected chi connectivity index (χ0v) is 10.2. The second kappa shape index (κ2) is 4.89. The van der Waals surface area contributed by atoms with E-state index >= 15 is 0 Å². The minimum atomic E-state index is -0.543. The van der Waals surface area contributed by atoms with Gasteiger partial charge in [0.05, 0.1) is 5.56 Å².